The fourth-order valence-electron chi connectivity index (χ4n) is 1.21. The van der Waals surface area contributed by atoms with Crippen LogP contribution in [0.5, 0.6) is 0 Å². The molecular weight excluding hydrogens is 240 g/mol. The highest BCUT2D eigenvalue weighted by Crippen LogP contribution is 2.25. The normalized spacial score (nSPS) is 11.9. The monoisotopic (exact) mass is 254 g/mol. The van der Waals surface area contributed by atoms with Gasteiger partial charge in [0.25, 0.3) is 5.91 Å². The summed E-state index contributed by atoms with van der Waals surface area (Å²) in [6.45, 7) is 1.81. The van der Waals surface area contributed by atoms with Crippen molar-refractivity contribution in [2.45, 2.75) is 23.5 Å². The van der Waals surface area contributed by atoms with Crippen LogP contribution in [0.1, 0.15) is 23.8 Å². The van der Waals surface area contributed by atoms with E-state index in [-0.39, 0.29) is 11.6 Å². The Morgan fingerprint density at radius 2 is 2.29 bits per heavy atom. The molecule has 0 aliphatic carbocycles. The van der Waals surface area contributed by atoms with Crippen LogP contribution in [0.3, 0.4) is 0 Å². The first-order valence-corrected chi connectivity index (χ1v) is 6.04. The second-order valence-corrected chi connectivity index (χ2v) is 4.59. The quantitative estimate of drug-likeness (QED) is 0.776. The Kier molecular flexibility index (Phi) is 4.96. The van der Waals surface area contributed by atoms with Gasteiger partial charge in [-0.2, -0.15) is 0 Å². The second kappa shape index (κ2) is 6.24. The largest absolute Gasteiger partial charge is 0.480 e. The first-order chi connectivity index (χ1) is 8.08. The number of amides is 1. The lowest BCUT2D eigenvalue weighted by molar-refractivity contribution is -0.136. The number of nitrogens with one attached hydrogen (secondary N) is 1. The van der Waals surface area contributed by atoms with Crippen molar-refractivity contribution in [3.8, 4) is 0 Å². The van der Waals surface area contributed by atoms with E-state index in [9.17, 15) is 9.59 Å². The Bertz CT molecular complexity index is 423. The molecule has 0 fully saturated rings. The molecule has 1 aromatic heterocycles. The van der Waals surface area contributed by atoms with Crippen LogP contribution in [-0.2, 0) is 4.79 Å². The summed E-state index contributed by atoms with van der Waals surface area (Å²) in [6.07, 6.45) is 2.03. The molecule has 0 radical (unpaired) electrons. The van der Waals surface area contributed by atoms with Gasteiger partial charge in [-0.3, -0.25) is 14.6 Å². The number of aromatic nitrogens is 1. The first-order valence-electron chi connectivity index (χ1n) is 5.16. The molecule has 92 valence electrons. The molecule has 0 bridgehead atoms. The third kappa shape index (κ3) is 3.74. The van der Waals surface area contributed by atoms with Crippen molar-refractivity contribution in [2.75, 3.05) is 7.05 Å². The predicted octanol–water partition coefficient (Wildman–Crippen LogP) is 1.40. The van der Waals surface area contributed by atoms with Crippen LogP contribution >= 0.6 is 11.8 Å². The van der Waals surface area contributed by atoms with E-state index in [1.165, 1.54) is 25.0 Å². The van der Waals surface area contributed by atoms with Crippen molar-refractivity contribution in [3.63, 3.8) is 0 Å². The molecule has 6 heteroatoms. The predicted molar refractivity (Wildman–Crippen MR) is 65.2 cm³/mol. The first kappa shape index (κ1) is 13.5. The average Bonchev–Trinajstić information content (AvgIpc) is 2.34. The van der Waals surface area contributed by atoms with E-state index in [2.05, 4.69) is 10.3 Å². The smallest absolute Gasteiger partial charge is 0.316 e. The number of carbonyl (C=O) groups excluding carboxylic acids is 1. The zero-order chi connectivity index (χ0) is 12.8. The highest BCUT2D eigenvalue weighted by atomic mass is 32.2. The van der Waals surface area contributed by atoms with Gasteiger partial charge < -0.3 is 10.4 Å². The maximum absolute atomic E-state index is 11.4. The minimum atomic E-state index is -0.851. The van der Waals surface area contributed by atoms with Crippen molar-refractivity contribution in [1.82, 2.24) is 10.3 Å². The zero-order valence-electron chi connectivity index (χ0n) is 9.64. The Labute approximate surface area is 104 Å². The topological polar surface area (TPSA) is 79.3 Å². The van der Waals surface area contributed by atoms with Gasteiger partial charge in [-0.15, -0.1) is 11.8 Å². The summed E-state index contributed by atoms with van der Waals surface area (Å²) in [5, 5.41) is 10.9. The van der Waals surface area contributed by atoms with Gasteiger partial charge >= 0.3 is 5.97 Å². The molecule has 17 heavy (non-hydrogen) atoms. The Morgan fingerprint density at radius 1 is 1.59 bits per heavy atom. The Hall–Kier alpha value is -1.56. The number of rotatable bonds is 5. The average molecular weight is 254 g/mol. The number of thioether (sulfide) groups is 1. The van der Waals surface area contributed by atoms with Crippen molar-refractivity contribution in [3.05, 3.63) is 24.0 Å². The molecule has 0 aliphatic rings. The zero-order valence-corrected chi connectivity index (χ0v) is 10.5. The lowest BCUT2D eigenvalue weighted by Crippen LogP contribution is -2.19. The molecule has 0 saturated heterocycles. The molecule has 1 amide bonds. The Morgan fingerprint density at radius 3 is 2.82 bits per heavy atom. The minimum absolute atomic E-state index is 0.282. The third-order valence-electron chi connectivity index (χ3n) is 2.12. The Balaban J connectivity index is 2.85. The molecule has 0 saturated carbocycles. The summed E-state index contributed by atoms with van der Waals surface area (Å²) in [7, 11) is 1.52. The fraction of sp³-hybridized carbons (Fsp3) is 0.364. The van der Waals surface area contributed by atoms with Crippen molar-refractivity contribution < 1.29 is 14.7 Å². The molecule has 1 atom stereocenters. The van der Waals surface area contributed by atoms with Crippen LogP contribution in [0, 0.1) is 0 Å². The van der Waals surface area contributed by atoms with Crippen LogP contribution in [0.4, 0.5) is 0 Å². The number of carbonyl (C=O) groups is 2. The molecule has 0 aromatic carbocycles. The second-order valence-electron chi connectivity index (χ2n) is 3.31. The minimum Gasteiger partial charge on any atom is -0.480 e. The van der Waals surface area contributed by atoms with Crippen LogP contribution in [0.15, 0.2) is 23.2 Å². The summed E-state index contributed by atoms with van der Waals surface area (Å²) >= 11 is 1.22. The number of pyridine rings is 1. The van der Waals surface area contributed by atoms with Gasteiger partial charge in [0.15, 0.2) is 0 Å². The molecular formula is C11H14N2O3S. The summed E-state index contributed by atoms with van der Waals surface area (Å²) in [4.78, 5) is 26.9. The van der Waals surface area contributed by atoms with Crippen LogP contribution in [0.2, 0.25) is 0 Å². The highest BCUT2D eigenvalue weighted by molar-refractivity contribution is 8.00. The van der Waals surface area contributed by atoms with Crippen LogP contribution in [-0.4, -0.2) is 34.3 Å². The van der Waals surface area contributed by atoms with Crippen LogP contribution in [0.25, 0.3) is 0 Å². The van der Waals surface area contributed by atoms with Crippen LogP contribution < -0.4 is 5.32 Å². The molecule has 0 aliphatic heterocycles. The van der Waals surface area contributed by atoms with E-state index in [1.54, 1.807) is 12.1 Å². The van der Waals surface area contributed by atoms with Gasteiger partial charge in [-0.05, 0) is 18.6 Å². The summed E-state index contributed by atoms with van der Waals surface area (Å²) in [5.41, 5.74) is 0.290. The van der Waals surface area contributed by atoms with E-state index < -0.39 is 11.2 Å². The molecule has 5 nitrogen and oxygen atoms in total. The number of hydrogen-bond acceptors (Lipinski definition) is 4. The standard InChI is InChI=1S/C11H14N2O3S/c1-3-9(11(15)16)17-7-4-5-13-8(6-7)10(14)12-2/h4-6,9H,3H2,1-2H3,(H,12,14)(H,15,16). The number of nitrogens with zero attached hydrogens (tertiary/aromatic N) is 1. The van der Waals surface area contributed by atoms with Crippen molar-refractivity contribution in [2.24, 2.45) is 0 Å². The maximum atomic E-state index is 11.4. The lowest BCUT2D eigenvalue weighted by atomic mass is 10.3. The molecule has 2 N–H and O–H groups in total. The van der Waals surface area contributed by atoms with E-state index >= 15 is 0 Å². The lowest BCUT2D eigenvalue weighted by Gasteiger charge is -2.09. The van der Waals surface area contributed by atoms with E-state index in [1.807, 2.05) is 6.92 Å². The van der Waals surface area contributed by atoms with Gasteiger partial charge in [-0.1, -0.05) is 6.92 Å². The van der Waals surface area contributed by atoms with Gasteiger partial charge in [0.1, 0.15) is 10.9 Å². The summed E-state index contributed by atoms with van der Waals surface area (Å²) in [6, 6.07) is 3.29. The van der Waals surface area contributed by atoms with Crippen molar-refractivity contribution in [1.29, 1.82) is 0 Å². The number of carboxylic acid groups (broad SMARTS) is 1. The summed E-state index contributed by atoms with van der Waals surface area (Å²) in [5.74, 6) is -1.13. The third-order valence-corrected chi connectivity index (χ3v) is 3.46. The van der Waals surface area contributed by atoms with E-state index in [0.29, 0.717) is 6.42 Å². The van der Waals surface area contributed by atoms with E-state index in [4.69, 9.17) is 5.11 Å². The van der Waals surface area contributed by atoms with E-state index in [0.717, 1.165) is 4.90 Å². The van der Waals surface area contributed by atoms with Gasteiger partial charge in [0.05, 0.1) is 0 Å². The molecule has 1 aromatic rings. The van der Waals surface area contributed by atoms with Crippen molar-refractivity contribution >= 4 is 23.6 Å². The fourth-order valence-corrected chi connectivity index (χ4v) is 2.12. The molecule has 0 spiro atoms. The molecule has 1 rings (SSSR count). The van der Waals surface area contributed by atoms with Gasteiger partial charge in [0.2, 0.25) is 0 Å². The summed E-state index contributed by atoms with van der Waals surface area (Å²) < 4.78 is 0. The van der Waals surface area contributed by atoms with Gasteiger partial charge in [-0.25, -0.2) is 0 Å². The number of hydrogen-bond donors (Lipinski definition) is 2. The molecule has 1 heterocycles. The molecule has 1 unspecified atom stereocenters. The number of aliphatic carboxylic acids is 1. The maximum Gasteiger partial charge on any atom is 0.316 e. The number of carboxylic acids is 1. The highest BCUT2D eigenvalue weighted by Gasteiger charge is 2.17. The van der Waals surface area contributed by atoms with Gasteiger partial charge in [0, 0.05) is 18.1 Å². The SMILES string of the molecule is CCC(Sc1ccnc(C(=O)NC)c1)C(=O)O.